The largest absolute Gasteiger partial charge is 0.392 e. The van der Waals surface area contributed by atoms with Crippen LogP contribution in [-0.4, -0.2) is 11.2 Å². The van der Waals surface area contributed by atoms with Crippen LogP contribution in [0.2, 0.25) is 0 Å². The van der Waals surface area contributed by atoms with Crippen molar-refractivity contribution in [3.8, 4) is 0 Å². The summed E-state index contributed by atoms with van der Waals surface area (Å²) in [5.74, 6) is -1.89. The Morgan fingerprint density at radius 3 is 2.26 bits per heavy atom. The second kappa shape index (κ2) is 7.02. The first-order valence-electron chi connectivity index (χ1n) is 8.96. The number of nitrogens with one attached hydrogen (secondary N) is 1. The van der Waals surface area contributed by atoms with Crippen LogP contribution in [0.3, 0.4) is 0 Å². The van der Waals surface area contributed by atoms with Crippen molar-refractivity contribution >= 4 is 10.9 Å². The number of alkyl halides is 3. The normalized spacial score (nSPS) is 13.9. The minimum atomic E-state index is -4.32. The first kappa shape index (κ1) is 19.5. The van der Waals surface area contributed by atoms with Crippen molar-refractivity contribution in [3.63, 3.8) is 0 Å². The molecule has 0 amide bonds. The first-order valence-corrected chi connectivity index (χ1v) is 8.96. The van der Waals surface area contributed by atoms with Gasteiger partial charge in [-0.3, -0.25) is 0 Å². The van der Waals surface area contributed by atoms with Gasteiger partial charge in [0.05, 0.1) is 5.92 Å². The van der Waals surface area contributed by atoms with E-state index < -0.39 is 23.3 Å². The molecule has 0 bridgehead atoms. The third-order valence-corrected chi connectivity index (χ3v) is 5.25. The fourth-order valence-electron chi connectivity index (χ4n) is 3.68. The molecule has 0 aliphatic carbocycles. The van der Waals surface area contributed by atoms with Crippen LogP contribution >= 0.6 is 0 Å². The summed E-state index contributed by atoms with van der Waals surface area (Å²) in [6, 6.07) is 13.2. The number of aromatic nitrogens is 1. The van der Waals surface area contributed by atoms with Gasteiger partial charge in [0.15, 0.2) is 0 Å². The molecular formula is C22H23F4N. The topological polar surface area (TPSA) is 15.8 Å². The lowest BCUT2D eigenvalue weighted by Gasteiger charge is -2.31. The quantitative estimate of drug-likeness (QED) is 0.476. The Labute approximate surface area is 156 Å². The third-order valence-electron chi connectivity index (χ3n) is 5.25. The Morgan fingerprint density at radius 1 is 1.00 bits per heavy atom. The fourth-order valence-corrected chi connectivity index (χ4v) is 3.68. The molecule has 1 atom stereocenters. The predicted octanol–water partition coefficient (Wildman–Crippen LogP) is 6.70. The van der Waals surface area contributed by atoms with Gasteiger partial charge in [-0.25, -0.2) is 4.39 Å². The molecule has 144 valence electrons. The number of aryl methyl sites for hydroxylation is 1. The van der Waals surface area contributed by atoms with E-state index in [1.807, 2.05) is 31.2 Å². The number of H-pyrrole nitrogens is 1. The molecule has 0 spiro atoms. The van der Waals surface area contributed by atoms with E-state index >= 15 is 0 Å². The molecule has 0 fully saturated rings. The highest BCUT2D eigenvalue weighted by Crippen LogP contribution is 2.40. The fraction of sp³-hybridized carbons (Fsp3) is 0.364. The summed E-state index contributed by atoms with van der Waals surface area (Å²) in [6.45, 7) is 5.49. The molecule has 1 aromatic heterocycles. The number of fused-ring (bicyclic) bond motifs is 1. The van der Waals surface area contributed by atoms with Gasteiger partial charge in [-0.15, -0.1) is 0 Å². The van der Waals surface area contributed by atoms with Crippen LogP contribution in [0.15, 0.2) is 48.5 Å². The Bertz CT molecular complexity index is 920. The number of halogens is 4. The summed E-state index contributed by atoms with van der Waals surface area (Å²) in [5.41, 5.74) is 2.44. The smallest absolute Gasteiger partial charge is 0.358 e. The van der Waals surface area contributed by atoms with Gasteiger partial charge in [0.2, 0.25) is 0 Å². The zero-order chi connectivity index (χ0) is 19.8. The molecule has 2 aromatic carbocycles. The highest BCUT2D eigenvalue weighted by molar-refractivity contribution is 5.83. The molecule has 3 aromatic rings. The summed E-state index contributed by atoms with van der Waals surface area (Å²) in [6.07, 6.45) is -4.50. The van der Waals surface area contributed by atoms with E-state index in [1.165, 1.54) is 12.1 Å². The van der Waals surface area contributed by atoms with E-state index in [0.29, 0.717) is 11.3 Å². The van der Waals surface area contributed by atoms with E-state index in [-0.39, 0.29) is 12.8 Å². The lowest BCUT2D eigenvalue weighted by Crippen LogP contribution is -2.32. The van der Waals surface area contributed by atoms with Crippen LogP contribution < -0.4 is 0 Å². The highest BCUT2D eigenvalue weighted by atomic mass is 19.4. The van der Waals surface area contributed by atoms with E-state index in [9.17, 15) is 17.6 Å². The molecule has 5 heteroatoms. The van der Waals surface area contributed by atoms with Gasteiger partial charge in [0, 0.05) is 16.6 Å². The molecular weight excluding hydrogens is 354 g/mol. The van der Waals surface area contributed by atoms with Gasteiger partial charge in [0.1, 0.15) is 5.82 Å². The van der Waals surface area contributed by atoms with Gasteiger partial charge < -0.3 is 4.98 Å². The summed E-state index contributed by atoms with van der Waals surface area (Å²) in [5, 5.41) is 0.950. The Balaban J connectivity index is 1.87. The van der Waals surface area contributed by atoms with Crippen LogP contribution in [0, 0.1) is 18.7 Å². The number of aromatic amines is 1. The van der Waals surface area contributed by atoms with Crippen LogP contribution in [0.25, 0.3) is 10.9 Å². The van der Waals surface area contributed by atoms with Gasteiger partial charge in [-0.2, -0.15) is 13.2 Å². The van der Waals surface area contributed by atoms with Crippen molar-refractivity contribution < 1.29 is 17.6 Å². The number of benzene rings is 2. The lowest BCUT2D eigenvalue weighted by molar-refractivity contribution is -0.179. The maximum absolute atomic E-state index is 13.8. The summed E-state index contributed by atoms with van der Waals surface area (Å²) >= 11 is 0. The van der Waals surface area contributed by atoms with Crippen molar-refractivity contribution in [1.82, 2.24) is 4.98 Å². The predicted molar refractivity (Wildman–Crippen MR) is 100 cm³/mol. The van der Waals surface area contributed by atoms with Crippen molar-refractivity contribution in [2.75, 3.05) is 0 Å². The average molecular weight is 377 g/mol. The molecule has 1 nitrogen and oxygen atoms in total. The van der Waals surface area contributed by atoms with Crippen molar-refractivity contribution in [2.45, 2.75) is 45.2 Å². The number of rotatable bonds is 5. The van der Waals surface area contributed by atoms with E-state index in [1.54, 1.807) is 26.0 Å². The van der Waals surface area contributed by atoms with Crippen LogP contribution in [0.5, 0.6) is 0 Å². The molecule has 3 rings (SSSR count). The number of hydrogen-bond acceptors (Lipinski definition) is 0. The second-order valence-corrected chi connectivity index (χ2v) is 7.87. The van der Waals surface area contributed by atoms with E-state index in [0.717, 1.165) is 16.5 Å². The summed E-state index contributed by atoms with van der Waals surface area (Å²) in [7, 11) is 0. The Morgan fingerprint density at radius 2 is 1.67 bits per heavy atom. The molecule has 27 heavy (non-hydrogen) atoms. The molecule has 0 aliphatic heterocycles. The summed E-state index contributed by atoms with van der Waals surface area (Å²) in [4.78, 5) is 3.12. The maximum atomic E-state index is 13.8. The van der Waals surface area contributed by atoms with E-state index in [2.05, 4.69) is 4.98 Å². The van der Waals surface area contributed by atoms with Gasteiger partial charge >= 0.3 is 6.18 Å². The Hall–Kier alpha value is -2.30. The van der Waals surface area contributed by atoms with Crippen LogP contribution in [0.4, 0.5) is 17.6 Å². The van der Waals surface area contributed by atoms with Crippen molar-refractivity contribution in [2.24, 2.45) is 5.92 Å². The van der Waals surface area contributed by atoms with Gasteiger partial charge in [-0.1, -0.05) is 38.1 Å². The highest BCUT2D eigenvalue weighted by Gasteiger charge is 2.43. The standard InChI is InChI=1S/C22H23F4N/c1-14-5-4-6-20-19(14)12-18(27-20)11-16(22(24,25)26)13-21(2,3)15-7-9-17(23)10-8-15/h4-10,12,16,27H,11,13H2,1-3H3. The zero-order valence-corrected chi connectivity index (χ0v) is 15.6. The van der Waals surface area contributed by atoms with Gasteiger partial charge in [0.25, 0.3) is 0 Å². The summed E-state index contributed by atoms with van der Waals surface area (Å²) < 4.78 is 54.5. The first-order chi connectivity index (χ1) is 12.6. The van der Waals surface area contributed by atoms with Crippen molar-refractivity contribution in [1.29, 1.82) is 0 Å². The van der Waals surface area contributed by atoms with E-state index in [4.69, 9.17) is 0 Å². The van der Waals surface area contributed by atoms with Gasteiger partial charge in [-0.05, 0) is 60.6 Å². The third kappa shape index (κ3) is 4.34. The monoisotopic (exact) mass is 377 g/mol. The second-order valence-electron chi connectivity index (χ2n) is 7.87. The lowest BCUT2D eigenvalue weighted by atomic mass is 9.75. The molecule has 1 unspecified atom stereocenters. The zero-order valence-electron chi connectivity index (χ0n) is 15.6. The minimum absolute atomic E-state index is 0.0729. The molecule has 0 saturated heterocycles. The maximum Gasteiger partial charge on any atom is 0.392 e. The number of hydrogen-bond donors (Lipinski definition) is 1. The molecule has 0 saturated carbocycles. The molecule has 1 N–H and O–H groups in total. The van der Waals surface area contributed by atoms with Crippen LogP contribution in [-0.2, 0) is 11.8 Å². The van der Waals surface area contributed by atoms with Crippen molar-refractivity contribution in [3.05, 3.63) is 71.2 Å². The SMILES string of the molecule is Cc1cccc2[nH]c(CC(CC(C)(C)c3ccc(F)cc3)C(F)(F)F)cc12. The molecule has 1 heterocycles. The minimum Gasteiger partial charge on any atom is -0.358 e. The van der Waals surface area contributed by atoms with Crippen LogP contribution in [0.1, 0.15) is 37.1 Å². The average Bonchev–Trinajstić information content (AvgIpc) is 2.98. The molecule has 0 aliphatic rings. The molecule has 0 radical (unpaired) electrons. The Kier molecular flexibility index (Phi) is 5.06.